The molecule has 0 bridgehead atoms. The molecule has 138 valence electrons. The van der Waals surface area contributed by atoms with Crippen molar-refractivity contribution in [1.29, 1.82) is 0 Å². The predicted octanol–water partition coefficient (Wildman–Crippen LogP) is 2.82. The zero-order valence-electron chi connectivity index (χ0n) is 14.6. The Labute approximate surface area is 153 Å². The quantitative estimate of drug-likeness (QED) is 0.841. The summed E-state index contributed by atoms with van der Waals surface area (Å²) in [7, 11) is -3.28. The summed E-state index contributed by atoms with van der Waals surface area (Å²) in [5.74, 6) is 1.10. The normalized spacial score (nSPS) is 15.4. The van der Waals surface area contributed by atoms with E-state index in [1.54, 1.807) is 36.4 Å². The van der Waals surface area contributed by atoms with Crippen molar-refractivity contribution in [3.05, 3.63) is 48.5 Å². The van der Waals surface area contributed by atoms with Gasteiger partial charge in [0.15, 0.2) is 9.84 Å². The Hall–Kier alpha value is -2.38. The molecule has 0 aromatic heterocycles. The molecule has 0 radical (unpaired) electrons. The van der Waals surface area contributed by atoms with Gasteiger partial charge in [-0.05, 0) is 68.4 Å². The number of benzene rings is 2. The van der Waals surface area contributed by atoms with E-state index in [2.05, 4.69) is 10.6 Å². The van der Waals surface area contributed by atoms with Crippen LogP contribution in [0.1, 0.15) is 12.8 Å². The molecule has 1 saturated heterocycles. The molecule has 1 aliphatic heterocycles. The number of anilines is 1. The minimum atomic E-state index is -3.28. The number of nitrogens with one attached hydrogen (secondary N) is 2. The monoisotopic (exact) mass is 374 g/mol. The number of hydrogen-bond acceptors (Lipinski definition) is 5. The van der Waals surface area contributed by atoms with Crippen LogP contribution in [0.4, 0.5) is 5.69 Å². The van der Waals surface area contributed by atoms with Crippen LogP contribution >= 0.6 is 0 Å². The van der Waals surface area contributed by atoms with Crippen LogP contribution in [0, 0.1) is 5.92 Å². The predicted molar refractivity (Wildman–Crippen MR) is 100 cm³/mol. The van der Waals surface area contributed by atoms with E-state index in [4.69, 9.17) is 4.74 Å². The van der Waals surface area contributed by atoms with E-state index in [1.807, 2.05) is 0 Å². The molecule has 6 nitrogen and oxygen atoms in total. The molecule has 0 aliphatic carbocycles. The maximum atomic E-state index is 12.2. The van der Waals surface area contributed by atoms with Gasteiger partial charge in [-0.3, -0.25) is 4.79 Å². The van der Waals surface area contributed by atoms with Crippen molar-refractivity contribution in [3.63, 3.8) is 0 Å². The van der Waals surface area contributed by atoms with Gasteiger partial charge in [-0.15, -0.1) is 0 Å². The highest BCUT2D eigenvalue weighted by atomic mass is 32.2. The molecule has 7 heteroatoms. The fraction of sp³-hybridized carbons (Fsp3) is 0.316. The maximum absolute atomic E-state index is 12.2. The summed E-state index contributed by atoms with van der Waals surface area (Å²) in [6.07, 6.45) is 2.86. The van der Waals surface area contributed by atoms with Crippen molar-refractivity contribution in [2.75, 3.05) is 24.7 Å². The summed E-state index contributed by atoms with van der Waals surface area (Å²) in [5.41, 5.74) is 0.714. The smallest absolute Gasteiger partial charge is 0.227 e. The average Bonchev–Trinajstić information content (AvgIpc) is 2.63. The third kappa shape index (κ3) is 4.83. The second-order valence-electron chi connectivity index (χ2n) is 6.39. The molecule has 0 spiro atoms. The molecule has 2 aromatic carbocycles. The second-order valence-corrected chi connectivity index (χ2v) is 8.40. The highest BCUT2D eigenvalue weighted by Gasteiger charge is 2.20. The first-order chi connectivity index (χ1) is 12.4. The minimum absolute atomic E-state index is 0.0426. The number of carbonyl (C=O) groups excluding carboxylic acids is 1. The van der Waals surface area contributed by atoms with Gasteiger partial charge < -0.3 is 15.4 Å². The minimum Gasteiger partial charge on any atom is -0.457 e. The van der Waals surface area contributed by atoms with Crippen molar-refractivity contribution in [2.24, 2.45) is 5.92 Å². The van der Waals surface area contributed by atoms with E-state index in [9.17, 15) is 13.2 Å². The van der Waals surface area contributed by atoms with Gasteiger partial charge in [-0.25, -0.2) is 8.42 Å². The number of carbonyl (C=O) groups is 1. The van der Waals surface area contributed by atoms with E-state index in [-0.39, 0.29) is 16.7 Å². The molecular formula is C19H22N2O4S. The summed E-state index contributed by atoms with van der Waals surface area (Å²) in [6, 6.07) is 13.4. The van der Waals surface area contributed by atoms with Gasteiger partial charge in [0.1, 0.15) is 11.5 Å². The molecule has 1 amide bonds. The highest BCUT2D eigenvalue weighted by Crippen LogP contribution is 2.25. The third-order valence-corrected chi connectivity index (χ3v) is 5.41. The number of piperidine rings is 1. The Balaban J connectivity index is 1.63. The molecule has 0 unspecified atom stereocenters. The Morgan fingerprint density at radius 2 is 1.77 bits per heavy atom. The number of ether oxygens (including phenoxy) is 1. The number of sulfone groups is 1. The largest absolute Gasteiger partial charge is 0.457 e. The van der Waals surface area contributed by atoms with Crippen LogP contribution in [0.15, 0.2) is 53.4 Å². The fourth-order valence-electron chi connectivity index (χ4n) is 2.84. The van der Waals surface area contributed by atoms with Gasteiger partial charge in [0, 0.05) is 17.9 Å². The van der Waals surface area contributed by atoms with Crippen molar-refractivity contribution in [1.82, 2.24) is 5.32 Å². The average molecular weight is 374 g/mol. The lowest BCUT2D eigenvalue weighted by Crippen LogP contribution is -2.34. The molecule has 1 heterocycles. The molecule has 2 aromatic rings. The molecule has 0 saturated carbocycles. The standard InChI is InChI=1S/C19H22N2O4S/c1-26(23,24)18-4-2-3-17(13-18)25-16-7-5-15(6-8-16)21-19(22)14-9-11-20-12-10-14/h2-8,13-14,20H,9-12H2,1H3,(H,21,22). The van der Waals surface area contributed by atoms with E-state index < -0.39 is 9.84 Å². The lowest BCUT2D eigenvalue weighted by Gasteiger charge is -2.21. The van der Waals surface area contributed by atoms with E-state index >= 15 is 0 Å². The zero-order chi connectivity index (χ0) is 18.6. The van der Waals surface area contributed by atoms with Crippen LogP contribution in [0.5, 0.6) is 11.5 Å². The lowest BCUT2D eigenvalue weighted by molar-refractivity contribution is -0.120. The van der Waals surface area contributed by atoms with Crippen molar-refractivity contribution in [2.45, 2.75) is 17.7 Å². The summed E-state index contributed by atoms with van der Waals surface area (Å²) >= 11 is 0. The molecule has 26 heavy (non-hydrogen) atoms. The van der Waals surface area contributed by atoms with E-state index in [0.29, 0.717) is 17.2 Å². The molecule has 1 fully saturated rings. The van der Waals surface area contributed by atoms with Crippen LogP contribution < -0.4 is 15.4 Å². The van der Waals surface area contributed by atoms with Crippen molar-refractivity contribution < 1.29 is 17.9 Å². The summed E-state index contributed by atoms with van der Waals surface area (Å²) in [4.78, 5) is 12.5. The first kappa shape index (κ1) is 18.4. The van der Waals surface area contributed by atoms with Crippen molar-refractivity contribution >= 4 is 21.4 Å². The van der Waals surface area contributed by atoms with E-state index in [1.165, 1.54) is 12.1 Å². The van der Waals surface area contributed by atoms with Crippen LogP contribution in [-0.4, -0.2) is 33.7 Å². The van der Waals surface area contributed by atoms with Crippen LogP contribution in [-0.2, 0) is 14.6 Å². The van der Waals surface area contributed by atoms with Gasteiger partial charge in [0.25, 0.3) is 0 Å². The Morgan fingerprint density at radius 1 is 1.08 bits per heavy atom. The Bertz CT molecular complexity index is 873. The molecular weight excluding hydrogens is 352 g/mol. The summed E-state index contributed by atoms with van der Waals surface area (Å²) < 4.78 is 28.9. The fourth-order valence-corrected chi connectivity index (χ4v) is 3.50. The second kappa shape index (κ2) is 7.88. The van der Waals surface area contributed by atoms with Crippen LogP contribution in [0.2, 0.25) is 0 Å². The first-order valence-electron chi connectivity index (χ1n) is 8.51. The van der Waals surface area contributed by atoms with Gasteiger partial charge in [-0.1, -0.05) is 6.07 Å². The van der Waals surface area contributed by atoms with Gasteiger partial charge in [0.2, 0.25) is 5.91 Å². The lowest BCUT2D eigenvalue weighted by atomic mass is 9.97. The summed E-state index contributed by atoms with van der Waals surface area (Å²) in [6.45, 7) is 1.74. The number of hydrogen-bond donors (Lipinski definition) is 2. The van der Waals surface area contributed by atoms with Crippen LogP contribution in [0.3, 0.4) is 0 Å². The Morgan fingerprint density at radius 3 is 2.42 bits per heavy atom. The van der Waals surface area contributed by atoms with Crippen molar-refractivity contribution in [3.8, 4) is 11.5 Å². The third-order valence-electron chi connectivity index (χ3n) is 4.30. The SMILES string of the molecule is CS(=O)(=O)c1cccc(Oc2ccc(NC(=O)C3CCNCC3)cc2)c1. The molecule has 3 rings (SSSR count). The first-order valence-corrected chi connectivity index (χ1v) is 10.4. The molecule has 0 atom stereocenters. The zero-order valence-corrected chi connectivity index (χ0v) is 15.4. The maximum Gasteiger partial charge on any atom is 0.227 e. The molecule has 1 aliphatic rings. The van der Waals surface area contributed by atoms with Gasteiger partial charge >= 0.3 is 0 Å². The summed E-state index contributed by atoms with van der Waals surface area (Å²) in [5, 5.41) is 6.17. The van der Waals surface area contributed by atoms with Gasteiger partial charge in [0.05, 0.1) is 4.90 Å². The number of amides is 1. The van der Waals surface area contributed by atoms with E-state index in [0.717, 1.165) is 32.2 Å². The Kier molecular flexibility index (Phi) is 5.58. The highest BCUT2D eigenvalue weighted by molar-refractivity contribution is 7.90. The number of rotatable bonds is 5. The van der Waals surface area contributed by atoms with Crippen LogP contribution in [0.25, 0.3) is 0 Å². The molecule has 2 N–H and O–H groups in total. The topological polar surface area (TPSA) is 84.5 Å². The van der Waals surface area contributed by atoms with Gasteiger partial charge in [-0.2, -0.15) is 0 Å².